The number of likely N-dealkylation sites (tertiary alicyclic amines) is 1. The molecule has 2 unspecified atom stereocenters. The van der Waals surface area contributed by atoms with E-state index in [0.717, 1.165) is 24.5 Å². The van der Waals surface area contributed by atoms with Gasteiger partial charge in [-0.1, -0.05) is 29.8 Å². The summed E-state index contributed by atoms with van der Waals surface area (Å²) in [5.41, 5.74) is 7.32. The number of benzene rings is 1. The number of nitrogens with two attached hydrogens (primary N) is 1. The Kier molecular flexibility index (Phi) is 4.51. The maximum absolute atomic E-state index is 6.32. The van der Waals surface area contributed by atoms with Gasteiger partial charge in [-0.05, 0) is 45.6 Å². The van der Waals surface area contributed by atoms with Crippen molar-refractivity contribution in [1.82, 2.24) is 9.80 Å². The third-order valence-corrected chi connectivity index (χ3v) is 4.93. The second-order valence-electron chi connectivity index (χ2n) is 5.72. The van der Waals surface area contributed by atoms with E-state index in [1.165, 1.54) is 5.56 Å². The highest BCUT2D eigenvalue weighted by Gasteiger charge is 2.41. The SMILES string of the molecule is CC(c1ccccc1Cl)N(C)C1(CN)CCN(C)C1. The van der Waals surface area contributed by atoms with Gasteiger partial charge >= 0.3 is 0 Å². The van der Waals surface area contributed by atoms with Gasteiger partial charge in [-0.3, -0.25) is 4.90 Å². The summed E-state index contributed by atoms with van der Waals surface area (Å²) in [6, 6.07) is 8.34. The van der Waals surface area contributed by atoms with Crippen LogP contribution in [0.2, 0.25) is 5.02 Å². The van der Waals surface area contributed by atoms with Crippen LogP contribution in [0.3, 0.4) is 0 Å². The minimum atomic E-state index is 0.0628. The van der Waals surface area contributed by atoms with Gasteiger partial charge in [0, 0.05) is 29.7 Å². The fourth-order valence-corrected chi connectivity index (χ4v) is 3.38. The van der Waals surface area contributed by atoms with Crippen molar-refractivity contribution in [2.24, 2.45) is 5.73 Å². The van der Waals surface area contributed by atoms with Gasteiger partial charge in [-0.2, -0.15) is 0 Å². The minimum absolute atomic E-state index is 0.0628. The van der Waals surface area contributed by atoms with Gasteiger partial charge < -0.3 is 10.6 Å². The molecule has 2 atom stereocenters. The molecule has 3 nitrogen and oxygen atoms in total. The molecule has 1 aromatic carbocycles. The number of nitrogens with zero attached hydrogens (tertiary/aromatic N) is 2. The number of hydrogen-bond donors (Lipinski definition) is 1. The number of rotatable bonds is 4. The van der Waals surface area contributed by atoms with Crippen LogP contribution in [0.25, 0.3) is 0 Å². The van der Waals surface area contributed by atoms with Crippen LogP contribution in [0.4, 0.5) is 0 Å². The molecule has 1 fully saturated rings. The zero-order chi connectivity index (χ0) is 14.0. The van der Waals surface area contributed by atoms with Crippen LogP contribution in [0, 0.1) is 0 Å². The lowest BCUT2D eigenvalue weighted by atomic mass is 9.93. The summed E-state index contributed by atoms with van der Waals surface area (Å²) in [7, 11) is 4.32. The maximum atomic E-state index is 6.32. The van der Waals surface area contributed by atoms with Crippen LogP contribution in [0.5, 0.6) is 0 Å². The van der Waals surface area contributed by atoms with E-state index in [2.05, 4.69) is 36.9 Å². The van der Waals surface area contributed by atoms with Crippen molar-refractivity contribution >= 4 is 11.6 Å². The van der Waals surface area contributed by atoms with Crippen molar-refractivity contribution in [2.45, 2.75) is 24.9 Å². The Bertz CT molecular complexity index is 437. The Morgan fingerprint density at radius 1 is 1.47 bits per heavy atom. The molecule has 0 amide bonds. The van der Waals surface area contributed by atoms with Crippen LogP contribution < -0.4 is 5.73 Å². The molecule has 1 aliphatic heterocycles. The van der Waals surface area contributed by atoms with E-state index in [1.54, 1.807) is 0 Å². The van der Waals surface area contributed by atoms with E-state index in [0.29, 0.717) is 6.54 Å². The monoisotopic (exact) mass is 281 g/mol. The molecule has 0 aliphatic carbocycles. The fraction of sp³-hybridized carbons (Fsp3) is 0.600. The van der Waals surface area contributed by atoms with E-state index < -0.39 is 0 Å². The van der Waals surface area contributed by atoms with Gasteiger partial charge in [0.05, 0.1) is 0 Å². The van der Waals surface area contributed by atoms with Crippen molar-refractivity contribution in [2.75, 3.05) is 33.7 Å². The summed E-state index contributed by atoms with van der Waals surface area (Å²) in [4.78, 5) is 4.75. The highest BCUT2D eigenvalue weighted by atomic mass is 35.5. The number of likely N-dealkylation sites (N-methyl/N-ethyl adjacent to an activating group) is 2. The Balaban J connectivity index is 2.23. The van der Waals surface area contributed by atoms with Crippen molar-refractivity contribution in [3.63, 3.8) is 0 Å². The quantitative estimate of drug-likeness (QED) is 0.920. The predicted octanol–water partition coefficient (Wildman–Crippen LogP) is 2.37. The molecule has 4 heteroatoms. The highest BCUT2D eigenvalue weighted by molar-refractivity contribution is 6.31. The first-order chi connectivity index (χ1) is 9.00. The first-order valence-corrected chi connectivity index (χ1v) is 7.24. The van der Waals surface area contributed by atoms with E-state index in [-0.39, 0.29) is 11.6 Å². The van der Waals surface area contributed by atoms with E-state index >= 15 is 0 Å². The second-order valence-corrected chi connectivity index (χ2v) is 6.13. The number of halogens is 1. The molecule has 0 aromatic heterocycles. The zero-order valence-electron chi connectivity index (χ0n) is 12.1. The summed E-state index contributed by atoms with van der Waals surface area (Å²) >= 11 is 6.32. The molecule has 1 aliphatic rings. The average molecular weight is 282 g/mol. The van der Waals surface area contributed by atoms with Gasteiger partial charge in [0.15, 0.2) is 0 Å². The van der Waals surface area contributed by atoms with Gasteiger partial charge in [0.2, 0.25) is 0 Å². The summed E-state index contributed by atoms with van der Waals surface area (Å²) < 4.78 is 0. The lowest BCUT2D eigenvalue weighted by Gasteiger charge is -2.42. The highest BCUT2D eigenvalue weighted by Crippen LogP contribution is 2.34. The normalized spacial score (nSPS) is 26.0. The van der Waals surface area contributed by atoms with E-state index in [4.69, 9.17) is 17.3 Å². The maximum Gasteiger partial charge on any atom is 0.0473 e. The zero-order valence-corrected chi connectivity index (χ0v) is 12.8. The van der Waals surface area contributed by atoms with E-state index in [1.807, 2.05) is 18.2 Å². The molecule has 1 heterocycles. The topological polar surface area (TPSA) is 32.5 Å². The summed E-state index contributed by atoms with van der Waals surface area (Å²) in [6.07, 6.45) is 1.12. The van der Waals surface area contributed by atoms with Gasteiger partial charge in [0.1, 0.15) is 0 Å². The van der Waals surface area contributed by atoms with E-state index in [9.17, 15) is 0 Å². The molecular weight excluding hydrogens is 258 g/mol. The molecule has 1 saturated heterocycles. The molecule has 19 heavy (non-hydrogen) atoms. The number of hydrogen-bond acceptors (Lipinski definition) is 3. The standard InChI is InChI=1S/C15H24ClN3/c1-12(13-6-4-5-7-14(13)16)19(3)15(10-17)8-9-18(2)11-15/h4-7,12H,8-11,17H2,1-3H3. The molecule has 0 spiro atoms. The van der Waals surface area contributed by atoms with Gasteiger partial charge in [-0.25, -0.2) is 0 Å². The molecule has 0 radical (unpaired) electrons. The van der Waals surface area contributed by atoms with Crippen LogP contribution >= 0.6 is 11.6 Å². The van der Waals surface area contributed by atoms with Gasteiger partial charge in [-0.15, -0.1) is 0 Å². The van der Waals surface area contributed by atoms with Gasteiger partial charge in [0.25, 0.3) is 0 Å². The Morgan fingerprint density at radius 3 is 2.68 bits per heavy atom. The lowest BCUT2D eigenvalue weighted by Crippen LogP contribution is -2.54. The van der Waals surface area contributed by atoms with Crippen LogP contribution in [-0.4, -0.2) is 49.1 Å². The van der Waals surface area contributed by atoms with Crippen molar-refractivity contribution in [3.05, 3.63) is 34.9 Å². The first kappa shape index (κ1) is 14.8. The summed E-state index contributed by atoms with van der Waals surface area (Å²) in [6.45, 7) is 5.02. The van der Waals surface area contributed by atoms with Crippen LogP contribution in [0.1, 0.15) is 24.9 Å². The third kappa shape index (κ3) is 2.79. The minimum Gasteiger partial charge on any atom is -0.329 e. The third-order valence-electron chi connectivity index (χ3n) is 4.59. The molecular formula is C15H24ClN3. The lowest BCUT2D eigenvalue weighted by molar-refractivity contribution is 0.0922. The Morgan fingerprint density at radius 2 is 2.16 bits per heavy atom. The largest absolute Gasteiger partial charge is 0.329 e. The fourth-order valence-electron chi connectivity index (χ4n) is 3.09. The molecule has 1 aromatic rings. The van der Waals surface area contributed by atoms with Crippen molar-refractivity contribution < 1.29 is 0 Å². The molecule has 0 saturated carbocycles. The second kappa shape index (κ2) is 5.80. The Labute approximate surface area is 121 Å². The van der Waals surface area contributed by atoms with Crippen LogP contribution in [-0.2, 0) is 0 Å². The molecule has 2 rings (SSSR count). The molecule has 0 bridgehead atoms. The predicted molar refractivity (Wildman–Crippen MR) is 81.5 cm³/mol. The summed E-state index contributed by atoms with van der Waals surface area (Å²) in [5.74, 6) is 0. The van der Waals surface area contributed by atoms with Crippen molar-refractivity contribution in [1.29, 1.82) is 0 Å². The van der Waals surface area contributed by atoms with Crippen LogP contribution in [0.15, 0.2) is 24.3 Å². The van der Waals surface area contributed by atoms with Crippen molar-refractivity contribution in [3.8, 4) is 0 Å². The smallest absolute Gasteiger partial charge is 0.0473 e. The average Bonchev–Trinajstić information content (AvgIpc) is 2.80. The first-order valence-electron chi connectivity index (χ1n) is 6.86. The molecule has 2 N–H and O–H groups in total. The Hall–Kier alpha value is -0.610. The summed E-state index contributed by atoms with van der Waals surface area (Å²) in [5, 5.41) is 0.834. The molecule has 106 valence electrons.